The molecule has 0 amide bonds. The highest BCUT2D eigenvalue weighted by atomic mass is 16.4. The lowest BCUT2D eigenvalue weighted by atomic mass is 10.1. The molecule has 0 saturated carbocycles. The number of nitrogens with zero attached hydrogens (tertiary/aromatic N) is 4. The first-order valence-corrected chi connectivity index (χ1v) is 10.3. The van der Waals surface area contributed by atoms with Crippen LogP contribution in [0, 0.1) is 13.8 Å². The monoisotopic (exact) mass is 420 g/mol. The average Bonchev–Trinajstić information content (AvgIpc) is 3.29. The normalized spacial score (nSPS) is 11.4. The van der Waals surface area contributed by atoms with E-state index in [0.717, 1.165) is 16.7 Å². The molecular formula is C26H20N4O2. The highest BCUT2D eigenvalue weighted by Gasteiger charge is 2.17. The Morgan fingerprint density at radius 2 is 1.50 bits per heavy atom. The molecule has 0 spiro atoms. The average molecular weight is 420 g/mol. The largest absolute Gasteiger partial charge is 0.403 e. The molecule has 32 heavy (non-hydrogen) atoms. The zero-order valence-corrected chi connectivity index (χ0v) is 17.7. The number of aromatic nitrogens is 4. The highest BCUT2D eigenvalue weighted by molar-refractivity contribution is 5.79. The summed E-state index contributed by atoms with van der Waals surface area (Å²) in [6, 6.07) is 23.1. The third-order valence-corrected chi connectivity index (χ3v) is 5.21. The van der Waals surface area contributed by atoms with E-state index in [-0.39, 0.29) is 11.6 Å². The van der Waals surface area contributed by atoms with Crippen molar-refractivity contribution in [3.05, 3.63) is 106 Å². The molecule has 5 aromatic rings. The summed E-state index contributed by atoms with van der Waals surface area (Å²) in [5.74, 6) is 0.752. The van der Waals surface area contributed by atoms with Crippen molar-refractivity contribution in [3.63, 3.8) is 0 Å². The van der Waals surface area contributed by atoms with Gasteiger partial charge in [-0.1, -0.05) is 70.8 Å². The molecule has 0 aliphatic heterocycles. The third-order valence-electron chi connectivity index (χ3n) is 5.21. The van der Waals surface area contributed by atoms with Crippen molar-refractivity contribution in [2.24, 2.45) is 0 Å². The molecule has 0 atom stereocenters. The third kappa shape index (κ3) is 3.74. The fourth-order valence-electron chi connectivity index (χ4n) is 3.41. The molecule has 5 rings (SSSR count). The van der Waals surface area contributed by atoms with Gasteiger partial charge in [-0.3, -0.25) is 4.79 Å². The summed E-state index contributed by atoms with van der Waals surface area (Å²) in [6.07, 6.45) is 3.69. The maximum Gasteiger partial charge on any atom is 0.331 e. The minimum absolute atomic E-state index is 0.0763. The van der Waals surface area contributed by atoms with Gasteiger partial charge >= 0.3 is 6.01 Å². The van der Waals surface area contributed by atoms with E-state index in [0.29, 0.717) is 22.6 Å². The Labute approximate surface area is 184 Å². The standard InChI is InChI=1S/C26H20N4O2/c1-17-7-11-19(12-8-17)13-16-23-27-22-6-4-3-5-21(22)25(31)30(23)26-29-28-24(32-26)20-14-9-18(2)10-15-20/h3-16H,1-2H3/b16-13+. The molecule has 0 aliphatic carbocycles. The number of fused-ring (bicyclic) bond motifs is 1. The van der Waals surface area contributed by atoms with Gasteiger partial charge in [0.15, 0.2) is 0 Å². The minimum atomic E-state index is -0.265. The maximum absolute atomic E-state index is 13.4. The Hall–Kier alpha value is -4.32. The van der Waals surface area contributed by atoms with Gasteiger partial charge < -0.3 is 4.42 Å². The first-order chi connectivity index (χ1) is 15.6. The lowest BCUT2D eigenvalue weighted by Gasteiger charge is -2.07. The predicted molar refractivity (Wildman–Crippen MR) is 125 cm³/mol. The van der Waals surface area contributed by atoms with Crippen LogP contribution in [-0.4, -0.2) is 19.7 Å². The zero-order chi connectivity index (χ0) is 22.1. The van der Waals surface area contributed by atoms with Gasteiger partial charge in [0, 0.05) is 5.56 Å². The molecule has 156 valence electrons. The van der Waals surface area contributed by atoms with E-state index >= 15 is 0 Å². The smallest absolute Gasteiger partial charge is 0.331 e. The molecule has 6 nitrogen and oxygen atoms in total. The van der Waals surface area contributed by atoms with Crippen LogP contribution in [0.1, 0.15) is 22.5 Å². The van der Waals surface area contributed by atoms with Crippen LogP contribution in [0.3, 0.4) is 0 Å². The van der Waals surface area contributed by atoms with Gasteiger partial charge in [-0.2, -0.15) is 0 Å². The summed E-state index contributed by atoms with van der Waals surface area (Å²) in [7, 11) is 0. The number of benzene rings is 3. The van der Waals surface area contributed by atoms with Crippen molar-refractivity contribution in [2.75, 3.05) is 0 Å². The molecule has 0 fully saturated rings. The van der Waals surface area contributed by atoms with Gasteiger partial charge in [0.2, 0.25) is 5.89 Å². The Bertz CT molecular complexity index is 1490. The van der Waals surface area contributed by atoms with Crippen molar-refractivity contribution in [1.29, 1.82) is 0 Å². The van der Waals surface area contributed by atoms with Crippen molar-refractivity contribution < 1.29 is 4.42 Å². The fraction of sp³-hybridized carbons (Fsp3) is 0.0769. The molecule has 6 heteroatoms. The van der Waals surface area contributed by atoms with Gasteiger partial charge in [0.1, 0.15) is 5.82 Å². The van der Waals surface area contributed by atoms with Crippen LogP contribution in [0.5, 0.6) is 0 Å². The summed E-state index contributed by atoms with van der Waals surface area (Å²) in [5.41, 5.74) is 4.43. The molecule has 0 unspecified atom stereocenters. The van der Waals surface area contributed by atoms with Gasteiger partial charge in [0.05, 0.1) is 10.9 Å². The molecule has 0 N–H and O–H groups in total. The predicted octanol–water partition coefficient (Wildman–Crippen LogP) is 5.22. The van der Waals surface area contributed by atoms with Crippen molar-refractivity contribution in [2.45, 2.75) is 13.8 Å². The van der Waals surface area contributed by atoms with Crippen LogP contribution < -0.4 is 5.56 Å². The second-order valence-corrected chi connectivity index (χ2v) is 7.63. The summed E-state index contributed by atoms with van der Waals surface area (Å²) in [5, 5.41) is 8.79. The van der Waals surface area contributed by atoms with Crippen LogP contribution in [0.25, 0.3) is 40.5 Å². The first-order valence-electron chi connectivity index (χ1n) is 10.3. The number of hydrogen-bond acceptors (Lipinski definition) is 5. The highest BCUT2D eigenvalue weighted by Crippen LogP contribution is 2.21. The topological polar surface area (TPSA) is 73.8 Å². The number of aryl methyl sites for hydroxylation is 2. The second-order valence-electron chi connectivity index (χ2n) is 7.63. The van der Waals surface area contributed by atoms with Crippen molar-refractivity contribution in [1.82, 2.24) is 19.7 Å². The molecule has 0 aliphatic rings. The van der Waals surface area contributed by atoms with E-state index in [4.69, 9.17) is 4.42 Å². The molecule has 0 bridgehead atoms. The lowest BCUT2D eigenvalue weighted by Crippen LogP contribution is -2.22. The fourth-order valence-corrected chi connectivity index (χ4v) is 3.41. The van der Waals surface area contributed by atoms with E-state index in [1.807, 2.05) is 86.7 Å². The molecular weight excluding hydrogens is 400 g/mol. The van der Waals surface area contributed by atoms with Crippen LogP contribution in [0.4, 0.5) is 0 Å². The van der Waals surface area contributed by atoms with Crippen LogP contribution >= 0.6 is 0 Å². The minimum Gasteiger partial charge on any atom is -0.403 e. The van der Waals surface area contributed by atoms with E-state index < -0.39 is 0 Å². The number of para-hydroxylation sites is 1. The van der Waals surface area contributed by atoms with Gasteiger partial charge in [0.25, 0.3) is 5.56 Å². The van der Waals surface area contributed by atoms with Crippen molar-refractivity contribution >= 4 is 23.1 Å². The maximum atomic E-state index is 13.4. The molecule has 3 aromatic carbocycles. The SMILES string of the molecule is Cc1ccc(/C=C/c2nc3ccccc3c(=O)n2-c2nnc(-c3ccc(C)cc3)o2)cc1. The molecule has 0 radical (unpaired) electrons. The number of rotatable bonds is 4. The summed E-state index contributed by atoms with van der Waals surface area (Å²) in [6.45, 7) is 4.05. The van der Waals surface area contributed by atoms with Gasteiger partial charge in [-0.05, 0) is 49.8 Å². The first kappa shape index (κ1) is 19.6. The van der Waals surface area contributed by atoms with Gasteiger partial charge in [-0.25, -0.2) is 9.55 Å². The Morgan fingerprint density at radius 3 is 2.25 bits per heavy atom. The molecule has 2 aromatic heterocycles. The Morgan fingerprint density at radius 1 is 0.812 bits per heavy atom. The van der Waals surface area contributed by atoms with E-state index in [2.05, 4.69) is 15.2 Å². The summed E-state index contributed by atoms with van der Waals surface area (Å²) < 4.78 is 7.26. The van der Waals surface area contributed by atoms with Gasteiger partial charge in [-0.15, -0.1) is 5.10 Å². The lowest BCUT2D eigenvalue weighted by molar-refractivity contribution is 0.530. The summed E-state index contributed by atoms with van der Waals surface area (Å²) >= 11 is 0. The van der Waals surface area contributed by atoms with Crippen LogP contribution in [-0.2, 0) is 0 Å². The Balaban J connectivity index is 1.65. The van der Waals surface area contributed by atoms with E-state index in [9.17, 15) is 4.79 Å². The quantitative estimate of drug-likeness (QED) is 0.398. The Kier molecular flexibility index (Phi) is 4.95. The van der Waals surface area contributed by atoms with Crippen LogP contribution in [0.2, 0.25) is 0 Å². The molecule has 2 heterocycles. The zero-order valence-electron chi connectivity index (χ0n) is 17.7. The number of hydrogen-bond donors (Lipinski definition) is 0. The molecule has 0 saturated heterocycles. The van der Waals surface area contributed by atoms with Crippen LogP contribution in [0.15, 0.2) is 82.0 Å². The van der Waals surface area contributed by atoms with Crippen molar-refractivity contribution in [3.8, 4) is 17.5 Å². The van der Waals surface area contributed by atoms with E-state index in [1.165, 1.54) is 10.1 Å². The van der Waals surface area contributed by atoms with E-state index in [1.54, 1.807) is 12.1 Å². The second kappa shape index (κ2) is 8.07. The summed E-state index contributed by atoms with van der Waals surface area (Å²) in [4.78, 5) is 18.0.